The first-order chi connectivity index (χ1) is 7.75. The summed E-state index contributed by atoms with van der Waals surface area (Å²) in [6.45, 7) is 5.81. The van der Waals surface area contributed by atoms with Crippen LogP contribution in [0.4, 0.5) is 13.2 Å². The molecule has 6 heteroatoms. The summed E-state index contributed by atoms with van der Waals surface area (Å²) in [6.07, 6.45) is -4.35. The summed E-state index contributed by atoms with van der Waals surface area (Å²) in [7, 11) is 0. The summed E-state index contributed by atoms with van der Waals surface area (Å²) in [4.78, 5) is 1.41. The van der Waals surface area contributed by atoms with E-state index in [1.54, 1.807) is 20.8 Å². The maximum atomic E-state index is 13.0. The molecule has 1 aliphatic rings. The van der Waals surface area contributed by atoms with Gasteiger partial charge in [-0.25, -0.2) is 0 Å². The zero-order valence-electron chi connectivity index (χ0n) is 10.5. The first-order valence-corrected chi connectivity index (χ1v) is 5.97. The van der Waals surface area contributed by atoms with Crippen LogP contribution in [0.25, 0.3) is 0 Å². The Morgan fingerprint density at radius 3 is 2.12 bits per heavy atom. The third-order valence-electron chi connectivity index (χ3n) is 3.05. The van der Waals surface area contributed by atoms with Crippen LogP contribution in [0.5, 0.6) is 0 Å². The second-order valence-corrected chi connectivity index (χ2v) is 4.77. The number of ether oxygens (including phenoxy) is 1. The van der Waals surface area contributed by atoms with Crippen LogP contribution >= 0.6 is 0 Å². The summed E-state index contributed by atoms with van der Waals surface area (Å²) >= 11 is 0. The third kappa shape index (κ3) is 3.82. The van der Waals surface area contributed by atoms with Gasteiger partial charge in [-0.15, -0.1) is 0 Å². The lowest BCUT2D eigenvalue weighted by atomic mass is 10.0. The fourth-order valence-corrected chi connectivity index (χ4v) is 2.39. The van der Waals surface area contributed by atoms with Gasteiger partial charge in [-0.1, -0.05) is 6.92 Å². The molecule has 1 saturated heterocycles. The SMILES string of the molecule is CCC(N)C(N1C[C@@H](C)O[C@@H](C)C1)C(F)(F)F. The summed E-state index contributed by atoms with van der Waals surface area (Å²) in [5.74, 6) is 0. The Labute approximate surface area is 100 Å². The van der Waals surface area contributed by atoms with E-state index in [2.05, 4.69) is 0 Å². The normalized spacial score (nSPS) is 31.2. The van der Waals surface area contributed by atoms with E-state index in [1.807, 2.05) is 0 Å². The highest BCUT2D eigenvalue weighted by molar-refractivity contribution is 4.90. The first kappa shape index (κ1) is 14.7. The lowest BCUT2D eigenvalue weighted by Crippen LogP contribution is -2.61. The van der Waals surface area contributed by atoms with Gasteiger partial charge in [-0.05, 0) is 20.3 Å². The highest BCUT2D eigenvalue weighted by Gasteiger charge is 2.48. The molecule has 17 heavy (non-hydrogen) atoms. The monoisotopic (exact) mass is 254 g/mol. The molecule has 0 radical (unpaired) electrons. The van der Waals surface area contributed by atoms with Gasteiger partial charge < -0.3 is 10.5 Å². The van der Waals surface area contributed by atoms with Gasteiger partial charge in [0.1, 0.15) is 6.04 Å². The molecular formula is C11H21F3N2O. The standard InChI is InChI=1S/C11H21F3N2O/c1-4-9(15)10(11(12,13)14)16-5-7(2)17-8(3)6-16/h7-10H,4-6,15H2,1-3H3/t7-,8+,9?,10?. The molecule has 0 amide bonds. The first-order valence-electron chi connectivity index (χ1n) is 5.97. The molecule has 1 heterocycles. The van der Waals surface area contributed by atoms with Gasteiger partial charge in [0.05, 0.1) is 12.2 Å². The quantitative estimate of drug-likeness (QED) is 0.834. The number of alkyl halides is 3. The molecule has 2 unspecified atom stereocenters. The van der Waals surface area contributed by atoms with Gasteiger partial charge in [-0.3, -0.25) is 4.90 Å². The van der Waals surface area contributed by atoms with E-state index < -0.39 is 18.3 Å². The van der Waals surface area contributed by atoms with Crippen LogP contribution in [0.15, 0.2) is 0 Å². The number of hydrogen-bond donors (Lipinski definition) is 1. The van der Waals surface area contributed by atoms with Crippen molar-refractivity contribution in [2.75, 3.05) is 13.1 Å². The third-order valence-corrected chi connectivity index (χ3v) is 3.05. The van der Waals surface area contributed by atoms with E-state index in [0.717, 1.165) is 0 Å². The number of morpholine rings is 1. The maximum absolute atomic E-state index is 13.0. The molecule has 1 aliphatic heterocycles. The van der Waals surface area contributed by atoms with Crippen LogP contribution in [0.3, 0.4) is 0 Å². The minimum Gasteiger partial charge on any atom is -0.373 e. The molecule has 0 saturated carbocycles. The zero-order valence-corrected chi connectivity index (χ0v) is 10.5. The minimum absolute atomic E-state index is 0.187. The summed E-state index contributed by atoms with van der Waals surface area (Å²) in [5, 5.41) is 0. The van der Waals surface area contributed by atoms with Crippen molar-refractivity contribution in [2.45, 2.75) is 57.7 Å². The molecule has 0 aromatic heterocycles. The number of hydrogen-bond acceptors (Lipinski definition) is 3. The molecule has 0 aliphatic carbocycles. The zero-order chi connectivity index (χ0) is 13.2. The Morgan fingerprint density at radius 2 is 1.76 bits per heavy atom. The van der Waals surface area contributed by atoms with E-state index in [9.17, 15) is 13.2 Å². The van der Waals surface area contributed by atoms with E-state index >= 15 is 0 Å². The molecule has 1 rings (SSSR count). The Morgan fingerprint density at radius 1 is 1.29 bits per heavy atom. The average Bonchev–Trinajstić information content (AvgIpc) is 2.13. The fourth-order valence-electron chi connectivity index (χ4n) is 2.39. The van der Waals surface area contributed by atoms with Crippen molar-refractivity contribution in [3.8, 4) is 0 Å². The molecule has 0 bridgehead atoms. The molecule has 4 atom stereocenters. The maximum Gasteiger partial charge on any atom is 0.405 e. The van der Waals surface area contributed by atoms with Crippen LogP contribution in [0.2, 0.25) is 0 Å². The van der Waals surface area contributed by atoms with Crippen molar-refractivity contribution in [3.05, 3.63) is 0 Å². The Hall–Kier alpha value is -0.330. The largest absolute Gasteiger partial charge is 0.405 e. The number of halogens is 3. The predicted octanol–water partition coefficient (Wildman–Crippen LogP) is 1.76. The van der Waals surface area contributed by atoms with Crippen molar-refractivity contribution in [3.63, 3.8) is 0 Å². The van der Waals surface area contributed by atoms with Crippen LogP contribution in [-0.2, 0) is 4.74 Å². The molecular weight excluding hydrogens is 233 g/mol. The lowest BCUT2D eigenvalue weighted by Gasteiger charge is -2.42. The molecule has 3 nitrogen and oxygen atoms in total. The minimum atomic E-state index is -4.29. The van der Waals surface area contributed by atoms with Crippen LogP contribution < -0.4 is 5.73 Å². The molecule has 102 valence electrons. The van der Waals surface area contributed by atoms with Gasteiger partial charge in [0.2, 0.25) is 0 Å². The smallest absolute Gasteiger partial charge is 0.373 e. The molecule has 2 N–H and O–H groups in total. The predicted molar refractivity (Wildman–Crippen MR) is 59.7 cm³/mol. The van der Waals surface area contributed by atoms with Crippen molar-refractivity contribution in [2.24, 2.45) is 5.73 Å². The van der Waals surface area contributed by atoms with E-state index in [4.69, 9.17) is 10.5 Å². The number of rotatable bonds is 3. The second-order valence-electron chi connectivity index (χ2n) is 4.77. The summed E-state index contributed by atoms with van der Waals surface area (Å²) in [6, 6.07) is -2.45. The molecule has 0 aromatic carbocycles. The van der Waals surface area contributed by atoms with Gasteiger partial charge in [0.15, 0.2) is 0 Å². The highest BCUT2D eigenvalue weighted by Crippen LogP contribution is 2.29. The molecule has 1 fully saturated rings. The van der Waals surface area contributed by atoms with Crippen molar-refractivity contribution < 1.29 is 17.9 Å². The van der Waals surface area contributed by atoms with Crippen LogP contribution in [0.1, 0.15) is 27.2 Å². The van der Waals surface area contributed by atoms with E-state index in [1.165, 1.54) is 4.90 Å². The molecule has 0 spiro atoms. The van der Waals surface area contributed by atoms with Crippen molar-refractivity contribution in [1.29, 1.82) is 0 Å². The van der Waals surface area contributed by atoms with Crippen molar-refractivity contribution >= 4 is 0 Å². The van der Waals surface area contributed by atoms with Gasteiger partial charge >= 0.3 is 6.18 Å². The topological polar surface area (TPSA) is 38.5 Å². The highest BCUT2D eigenvalue weighted by atomic mass is 19.4. The Balaban J connectivity index is 2.82. The second kappa shape index (κ2) is 5.54. The van der Waals surface area contributed by atoms with Gasteiger partial charge in [0, 0.05) is 19.1 Å². The number of nitrogens with zero attached hydrogens (tertiary/aromatic N) is 1. The van der Waals surface area contributed by atoms with E-state index in [-0.39, 0.29) is 25.3 Å². The van der Waals surface area contributed by atoms with Gasteiger partial charge in [-0.2, -0.15) is 13.2 Å². The lowest BCUT2D eigenvalue weighted by molar-refractivity contribution is -0.208. The summed E-state index contributed by atoms with van der Waals surface area (Å²) in [5.41, 5.74) is 5.62. The number of nitrogens with two attached hydrogens (primary N) is 1. The molecule has 0 aromatic rings. The van der Waals surface area contributed by atoms with E-state index in [0.29, 0.717) is 6.42 Å². The Kier molecular flexibility index (Phi) is 4.80. The van der Waals surface area contributed by atoms with Gasteiger partial charge in [0.25, 0.3) is 0 Å². The Bertz CT molecular complexity index is 237. The van der Waals surface area contributed by atoms with Crippen LogP contribution in [0, 0.1) is 0 Å². The van der Waals surface area contributed by atoms with Crippen LogP contribution in [-0.4, -0.2) is 48.5 Å². The summed E-state index contributed by atoms with van der Waals surface area (Å²) < 4.78 is 44.5. The van der Waals surface area contributed by atoms with Crippen molar-refractivity contribution in [1.82, 2.24) is 4.90 Å². The fraction of sp³-hybridized carbons (Fsp3) is 1.00. The average molecular weight is 254 g/mol.